The first-order chi connectivity index (χ1) is 11.1. The quantitative estimate of drug-likeness (QED) is 0.769. The molecular weight excluding hydrogens is 316 g/mol. The van der Waals surface area contributed by atoms with Crippen molar-refractivity contribution in [1.29, 1.82) is 0 Å². The van der Waals surface area contributed by atoms with Crippen LogP contribution >= 0.6 is 11.6 Å². The summed E-state index contributed by atoms with van der Waals surface area (Å²) in [6.07, 6.45) is 6.51. The number of nitrogens with zero attached hydrogens (tertiary/aromatic N) is 4. The van der Waals surface area contributed by atoms with Crippen molar-refractivity contribution in [2.75, 3.05) is 5.32 Å². The molecule has 4 rings (SSSR count). The van der Waals surface area contributed by atoms with Crippen LogP contribution in [0, 0.1) is 5.92 Å². The van der Waals surface area contributed by atoms with Gasteiger partial charge in [0.05, 0.1) is 23.0 Å². The number of aryl methyl sites for hydroxylation is 1. The first-order valence-corrected chi connectivity index (χ1v) is 7.82. The van der Waals surface area contributed by atoms with E-state index >= 15 is 0 Å². The molecule has 3 heterocycles. The predicted molar refractivity (Wildman–Crippen MR) is 86.5 cm³/mol. The number of anilines is 1. The zero-order chi connectivity index (χ0) is 16.0. The molecular formula is C15H15ClN6O. The highest BCUT2D eigenvalue weighted by Gasteiger charge is 2.24. The first kappa shape index (κ1) is 14.2. The summed E-state index contributed by atoms with van der Waals surface area (Å²) in [7, 11) is 1.71. The SMILES string of the molecule is Cn1ncc(NC(=O)c2ccnc3nc(CC4CC4)[nH]c23)c1Cl. The Morgan fingerprint density at radius 2 is 2.35 bits per heavy atom. The molecule has 0 aliphatic heterocycles. The van der Waals surface area contributed by atoms with Crippen molar-refractivity contribution in [3.63, 3.8) is 0 Å². The number of halogens is 1. The van der Waals surface area contributed by atoms with Crippen molar-refractivity contribution in [2.24, 2.45) is 13.0 Å². The number of carbonyl (C=O) groups excluding carboxylic acids is 1. The van der Waals surface area contributed by atoms with E-state index in [1.807, 2.05) is 0 Å². The predicted octanol–water partition coefficient (Wildman–Crippen LogP) is 2.55. The maximum Gasteiger partial charge on any atom is 0.258 e. The van der Waals surface area contributed by atoms with Crippen molar-refractivity contribution >= 4 is 34.4 Å². The molecule has 0 atom stereocenters. The molecule has 3 aromatic rings. The fourth-order valence-electron chi connectivity index (χ4n) is 2.54. The van der Waals surface area contributed by atoms with Gasteiger partial charge in [0.15, 0.2) is 5.65 Å². The number of amides is 1. The average molecular weight is 331 g/mol. The van der Waals surface area contributed by atoms with Crippen molar-refractivity contribution < 1.29 is 4.79 Å². The van der Waals surface area contributed by atoms with Crippen LogP contribution in [-0.4, -0.2) is 30.6 Å². The fourth-order valence-corrected chi connectivity index (χ4v) is 2.68. The van der Waals surface area contributed by atoms with Crippen LogP contribution in [0.25, 0.3) is 11.2 Å². The monoisotopic (exact) mass is 330 g/mol. The summed E-state index contributed by atoms with van der Waals surface area (Å²) < 4.78 is 1.49. The van der Waals surface area contributed by atoms with E-state index in [-0.39, 0.29) is 5.91 Å². The summed E-state index contributed by atoms with van der Waals surface area (Å²) >= 11 is 6.08. The minimum atomic E-state index is -0.270. The normalized spacial score (nSPS) is 14.3. The van der Waals surface area contributed by atoms with E-state index in [9.17, 15) is 4.79 Å². The van der Waals surface area contributed by atoms with Gasteiger partial charge < -0.3 is 10.3 Å². The fraction of sp³-hybridized carbons (Fsp3) is 0.333. The number of fused-ring (bicyclic) bond motifs is 1. The van der Waals surface area contributed by atoms with Gasteiger partial charge in [-0.25, -0.2) is 9.97 Å². The zero-order valence-corrected chi connectivity index (χ0v) is 13.3. The van der Waals surface area contributed by atoms with Gasteiger partial charge in [0.2, 0.25) is 0 Å². The number of nitrogens with one attached hydrogen (secondary N) is 2. The van der Waals surface area contributed by atoms with Crippen LogP contribution in [0.5, 0.6) is 0 Å². The molecule has 3 aromatic heterocycles. The Kier molecular flexibility index (Phi) is 3.30. The molecule has 118 valence electrons. The van der Waals surface area contributed by atoms with E-state index in [1.54, 1.807) is 19.3 Å². The second-order valence-corrected chi connectivity index (χ2v) is 6.17. The molecule has 1 amide bonds. The molecule has 0 saturated heterocycles. The van der Waals surface area contributed by atoms with Crippen LogP contribution in [0.3, 0.4) is 0 Å². The van der Waals surface area contributed by atoms with Gasteiger partial charge in [0, 0.05) is 19.7 Å². The topological polar surface area (TPSA) is 88.5 Å². The number of hydrogen-bond acceptors (Lipinski definition) is 4. The maximum atomic E-state index is 12.6. The maximum absolute atomic E-state index is 12.6. The summed E-state index contributed by atoms with van der Waals surface area (Å²) in [4.78, 5) is 24.5. The third kappa shape index (κ3) is 2.68. The number of aromatic nitrogens is 5. The van der Waals surface area contributed by atoms with Gasteiger partial charge >= 0.3 is 0 Å². The molecule has 2 N–H and O–H groups in total. The van der Waals surface area contributed by atoms with Gasteiger partial charge in [-0.3, -0.25) is 9.48 Å². The molecule has 0 aromatic carbocycles. The second kappa shape index (κ2) is 5.34. The Morgan fingerprint density at radius 3 is 3.04 bits per heavy atom. The Bertz CT molecular complexity index is 895. The van der Waals surface area contributed by atoms with Crippen molar-refractivity contribution in [3.8, 4) is 0 Å². The summed E-state index contributed by atoms with van der Waals surface area (Å²) in [5.41, 5.74) is 2.18. The molecule has 1 aliphatic carbocycles. The molecule has 1 aliphatic rings. The smallest absolute Gasteiger partial charge is 0.258 e. The number of aromatic amines is 1. The van der Waals surface area contributed by atoms with Gasteiger partial charge in [0.25, 0.3) is 5.91 Å². The summed E-state index contributed by atoms with van der Waals surface area (Å²) in [6, 6.07) is 1.67. The molecule has 0 bridgehead atoms. The molecule has 7 nitrogen and oxygen atoms in total. The Morgan fingerprint density at radius 1 is 1.52 bits per heavy atom. The largest absolute Gasteiger partial charge is 0.340 e. The van der Waals surface area contributed by atoms with Crippen LogP contribution in [0.15, 0.2) is 18.5 Å². The van der Waals surface area contributed by atoms with E-state index in [0.717, 1.165) is 12.2 Å². The van der Waals surface area contributed by atoms with Crippen molar-refractivity contribution in [2.45, 2.75) is 19.3 Å². The number of pyridine rings is 1. The standard InChI is InChI=1S/C15H15ClN6O/c1-22-13(16)10(7-18-22)19-15(23)9-4-5-17-14-12(9)20-11(21-14)6-8-2-3-8/h4-5,7-8H,2-3,6H2,1H3,(H,19,23)(H,17,20,21). The summed E-state index contributed by atoms with van der Waals surface area (Å²) in [5, 5.41) is 7.16. The molecule has 0 radical (unpaired) electrons. The first-order valence-electron chi connectivity index (χ1n) is 7.44. The average Bonchev–Trinajstić information content (AvgIpc) is 3.17. The lowest BCUT2D eigenvalue weighted by molar-refractivity contribution is 0.102. The Labute approximate surface area is 137 Å². The van der Waals surface area contributed by atoms with Crippen molar-refractivity contribution in [3.05, 3.63) is 35.0 Å². The number of imidazole rings is 1. The molecule has 0 unspecified atom stereocenters. The van der Waals surface area contributed by atoms with E-state index in [0.29, 0.717) is 33.5 Å². The molecule has 23 heavy (non-hydrogen) atoms. The minimum absolute atomic E-state index is 0.270. The number of hydrogen-bond donors (Lipinski definition) is 2. The lowest BCUT2D eigenvalue weighted by Crippen LogP contribution is -2.12. The van der Waals surface area contributed by atoms with Crippen LogP contribution in [0.1, 0.15) is 29.0 Å². The lowest BCUT2D eigenvalue weighted by Gasteiger charge is -2.04. The van der Waals surface area contributed by atoms with E-state index < -0.39 is 0 Å². The molecule has 0 spiro atoms. The van der Waals surface area contributed by atoms with Crippen LogP contribution in [0.4, 0.5) is 5.69 Å². The third-order valence-corrected chi connectivity index (χ3v) is 4.43. The minimum Gasteiger partial charge on any atom is -0.340 e. The van der Waals surface area contributed by atoms with Crippen LogP contribution < -0.4 is 5.32 Å². The van der Waals surface area contributed by atoms with Gasteiger partial charge in [-0.05, 0) is 24.8 Å². The van der Waals surface area contributed by atoms with Crippen LogP contribution in [-0.2, 0) is 13.5 Å². The molecule has 1 saturated carbocycles. The highest BCUT2D eigenvalue weighted by atomic mass is 35.5. The Hall–Kier alpha value is -2.41. The van der Waals surface area contributed by atoms with Gasteiger partial charge in [-0.15, -0.1) is 0 Å². The number of rotatable bonds is 4. The Balaban J connectivity index is 1.65. The van der Waals surface area contributed by atoms with E-state index in [4.69, 9.17) is 11.6 Å². The third-order valence-electron chi connectivity index (χ3n) is 3.98. The zero-order valence-electron chi connectivity index (χ0n) is 12.5. The van der Waals surface area contributed by atoms with Gasteiger partial charge in [-0.2, -0.15) is 5.10 Å². The summed E-state index contributed by atoms with van der Waals surface area (Å²) in [6.45, 7) is 0. The lowest BCUT2D eigenvalue weighted by atomic mass is 10.2. The van der Waals surface area contributed by atoms with Crippen molar-refractivity contribution in [1.82, 2.24) is 24.7 Å². The van der Waals surface area contributed by atoms with Gasteiger partial charge in [0.1, 0.15) is 11.0 Å². The van der Waals surface area contributed by atoms with E-state index in [2.05, 4.69) is 25.4 Å². The highest BCUT2D eigenvalue weighted by molar-refractivity contribution is 6.33. The summed E-state index contributed by atoms with van der Waals surface area (Å²) in [5.74, 6) is 1.32. The highest BCUT2D eigenvalue weighted by Crippen LogP contribution is 2.32. The number of H-pyrrole nitrogens is 1. The van der Waals surface area contributed by atoms with Crippen LogP contribution in [0.2, 0.25) is 5.15 Å². The molecule has 8 heteroatoms. The second-order valence-electron chi connectivity index (χ2n) is 5.81. The molecule has 1 fully saturated rings. The van der Waals surface area contributed by atoms with Gasteiger partial charge in [-0.1, -0.05) is 11.6 Å². The van der Waals surface area contributed by atoms with E-state index in [1.165, 1.54) is 23.7 Å². The number of carbonyl (C=O) groups is 1.